The van der Waals surface area contributed by atoms with Gasteiger partial charge >= 0.3 is 164 Å². The number of aliphatic carboxylic acids is 6. The van der Waals surface area contributed by atoms with E-state index in [1.165, 1.54) is 0 Å². The zero-order chi connectivity index (χ0) is 21.3. The molecule has 35 heavy (non-hydrogen) atoms. The van der Waals surface area contributed by atoms with Crippen molar-refractivity contribution in [2.45, 2.75) is 36.9 Å². The SMILES string of the molecule is O=C([O-])CC(O)(CC(=O)[O-])C(=O)[O-].O=C([O-])CC(O)(CC(=O)[O-])C(=O)[O-].[Cu+2].[Cu+2].[Cu+2].[LiH].[LiH].[LiH].[LiH].[LiH].[LiH]. The monoisotopic (exact) mass is 615 g/mol. The second-order valence-electron chi connectivity index (χ2n) is 4.83. The first-order chi connectivity index (χ1) is 11.6. The van der Waals surface area contributed by atoms with Crippen molar-refractivity contribution in [3.8, 4) is 0 Å². The molecule has 0 aromatic heterocycles. The molecule has 3 radical (unpaired) electrons. The molecule has 0 spiro atoms. The van der Waals surface area contributed by atoms with Gasteiger partial charge in [-0.05, 0) is 0 Å². The summed E-state index contributed by atoms with van der Waals surface area (Å²) in [6, 6.07) is 0. The Bertz CT molecular complexity index is 544. The molecule has 0 fully saturated rings. The summed E-state index contributed by atoms with van der Waals surface area (Å²) in [5, 5.41) is 77.9. The van der Waals surface area contributed by atoms with Crippen molar-refractivity contribution in [1.82, 2.24) is 0 Å². The van der Waals surface area contributed by atoms with Crippen molar-refractivity contribution in [3.63, 3.8) is 0 Å². The van der Waals surface area contributed by atoms with Crippen LogP contribution in [0, 0.1) is 0 Å². The van der Waals surface area contributed by atoms with E-state index in [4.69, 9.17) is 10.2 Å². The van der Waals surface area contributed by atoms with E-state index in [0.717, 1.165) is 0 Å². The first-order valence-electron chi connectivity index (χ1n) is 6.23. The van der Waals surface area contributed by atoms with E-state index in [1.807, 2.05) is 0 Å². The molecule has 0 atom stereocenters. The second-order valence-corrected chi connectivity index (χ2v) is 4.83. The maximum atomic E-state index is 10.1. The summed E-state index contributed by atoms with van der Waals surface area (Å²) in [6.45, 7) is 0. The molecule has 0 aliphatic carbocycles. The molecule has 14 nitrogen and oxygen atoms in total. The zero-order valence-corrected chi connectivity index (χ0v) is 16.4. The number of carbonyl (C=O) groups excluding carboxylic acids is 6. The average Bonchev–Trinajstić information content (AvgIpc) is 2.34. The molecule has 187 valence electrons. The van der Waals surface area contributed by atoms with Crippen LogP contribution in [0.5, 0.6) is 0 Å². The van der Waals surface area contributed by atoms with Crippen LogP contribution in [-0.4, -0.2) is 170 Å². The molecule has 0 amide bonds. The fourth-order valence-corrected chi connectivity index (χ4v) is 1.37. The molecule has 0 rings (SSSR count). The number of carboxylic acid groups (broad SMARTS) is 6. The first-order valence-corrected chi connectivity index (χ1v) is 6.23. The molecule has 0 saturated heterocycles. The van der Waals surface area contributed by atoms with Crippen molar-refractivity contribution >= 4 is 149 Å². The summed E-state index contributed by atoms with van der Waals surface area (Å²) in [5.41, 5.74) is -5.95. The van der Waals surface area contributed by atoms with Gasteiger partial charge in [0.2, 0.25) is 0 Å². The first kappa shape index (κ1) is 70.9. The molecule has 0 aromatic rings. The molecule has 0 unspecified atom stereocenters. The van der Waals surface area contributed by atoms with Crippen molar-refractivity contribution in [1.29, 1.82) is 0 Å². The van der Waals surface area contributed by atoms with Crippen LogP contribution >= 0.6 is 0 Å². The van der Waals surface area contributed by atoms with E-state index in [0.29, 0.717) is 0 Å². The van der Waals surface area contributed by atoms with Gasteiger partial charge in [-0.15, -0.1) is 0 Å². The van der Waals surface area contributed by atoms with Gasteiger partial charge in [0.25, 0.3) is 0 Å². The summed E-state index contributed by atoms with van der Waals surface area (Å²) in [6.07, 6.45) is -5.43. The Labute approximate surface area is 303 Å². The Balaban J connectivity index is -0.0000000291. The van der Waals surface area contributed by atoms with Crippen LogP contribution in [0.25, 0.3) is 0 Å². The van der Waals surface area contributed by atoms with Crippen LogP contribution in [0.2, 0.25) is 0 Å². The summed E-state index contributed by atoms with van der Waals surface area (Å²) < 4.78 is 0. The molecule has 0 bridgehead atoms. The van der Waals surface area contributed by atoms with E-state index >= 15 is 0 Å². The van der Waals surface area contributed by atoms with E-state index in [-0.39, 0.29) is 164 Å². The summed E-state index contributed by atoms with van der Waals surface area (Å²) in [5.74, 6) is -12.0. The summed E-state index contributed by atoms with van der Waals surface area (Å²) >= 11 is 0. The zero-order valence-electron chi connectivity index (χ0n) is 13.5. The van der Waals surface area contributed by atoms with Gasteiger partial charge in [-0.3, -0.25) is 0 Å². The van der Waals surface area contributed by atoms with Crippen LogP contribution in [-0.2, 0) is 80.0 Å². The minimum atomic E-state index is -2.97. The fraction of sp³-hybridized carbons (Fsp3) is 0.500. The van der Waals surface area contributed by atoms with Crippen LogP contribution in [0.4, 0.5) is 0 Å². The number of hydrogen-bond acceptors (Lipinski definition) is 14. The quantitative estimate of drug-likeness (QED) is 0.216. The average molecular weight is 617 g/mol. The Morgan fingerprint density at radius 1 is 0.429 bits per heavy atom. The van der Waals surface area contributed by atoms with Crippen molar-refractivity contribution < 1.29 is 121 Å². The van der Waals surface area contributed by atoms with Crippen molar-refractivity contribution in [2.24, 2.45) is 0 Å². The molecule has 0 heterocycles. The van der Waals surface area contributed by atoms with Gasteiger partial charge in [0.1, 0.15) is 11.2 Å². The normalized spacial score (nSPS) is 8.06. The van der Waals surface area contributed by atoms with Crippen LogP contribution < -0.4 is 30.6 Å². The standard InChI is InChI=1S/2C6H8O7.3Cu.6Li.6H/c2*7-3(8)1-6(13,5(11)12)2-4(9)10;;;;;;;;;;;;;;;/h2*13H,1-2H2,(H,7,8)(H,9,10)(H,11,12);;;;;;;;;;;;;;;/q;;3*+2;;;;;;;;;;;;/p-6. The van der Waals surface area contributed by atoms with E-state index < -0.39 is 72.7 Å². The van der Waals surface area contributed by atoms with Crippen LogP contribution in [0.3, 0.4) is 0 Å². The Kier molecular flexibility index (Phi) is 68.7. The molecule has 0 aliphatic rings. The van der Waals surface area contributed by atoms with Gasteiger partial charge < -0.3 is 69.6 Å². The topological polar surface area (TPSA) is 281 Å². The fourth-order valence-electron chi connectivity index (χ4n) is 1.37. The van der Waals surface area contributed by atoms with Crippen molar-refractivity contribution in [2.75, 3.05) is 0 Å². The molecule has 0 aromatic carbocycles. The molecule has 0 aliphatic heterocycles. The van der Waals surface area contributed by atoms with Gasteiger partial charge in [0.05, 0.1) is 11.9 Å². The van der Waals surface area contributed by atoms with Gasteiger partial charge in [0, 0.05) is 49.6 Å². The minimum absolute atomic E-state index is 0. The van der Waals surface area contributed by atoms with E-state index in [1.54, 1.807) is 0 Å². The van der Waals surface area contributed by atoms with Gasteiger partial charge in [-0.1, -0.05) is 0 Å². The second kappa shape index (κ2) is 33.9. The number of carbonyl (C=O) groups is 6. The third-order valence-corrected chi connectivity index (χ3v) is 2.51. The Morgan fingerprint density at radius 3 is 0.600 bits per heavy atom. The van der Waals surface area contributed by atoms with Gasteiger partial charge in [0.15, 0.2) is 0 Å². The van der Waals surface area contributed by atoms with Crippen LogP contribution in [0.15, 0.2) is 0 Å². The van der Waals surface area contributed by atoms with Crippen LogP contribution in [0.1, 0.15) is 25.7 Å². The predicted molar refractivity (Wildman–Crippen MR) is 101 cm³/mol. The summed E-state index contributed by atoms with van der Waals surface area (Å²) in [7, 11) is 0. The molecule has 23 heteroatoms. The van der Waals surface area contributed by atoms with Crippen molar-refractivity contribution in [3.05, 3.63) is 0 Å². The number of aliphatic hydroxyl groups is 2. The predicted octanol–water partition coefficient (Wildman–Crippen LogP) is -14.4. The number of carboxylic acids is 6. The molecular weight excluding hydrogens is 600 g/mol. The van der Waals surface area contributed by atoms with Gasteiger partial charge in [-0.25, -0.2) is 0 Å². The third-order valence-electron chi connectivity index (χ3n) is 2.51. The van der Waals surface area contributed by atoms with E-state index in [2.05, 4.69) is 0 Å². The molecule has 2 N–H and O–H groups in total. The Hall–Kier alpha value is 1.88. The Morgan fingerprint density at radius 2 is 0.543 bits per heavy atom. The number of rotatable bonds is 10. The van der Waals surface area contributed by atoms with E-state index in [9.17, 15) is 59.4 Å². The van der Waals surface area contributed by atoms with Gasteiger partial charge in [-0.2, -0.15) is 0 Å². The molecular formula is C12H16Cu3Li6O14. The molecule has 0 saturated carbocycles. The number of hydrogen-bond donors (Lipinski definition) is 2. The summed E-state index contributed by atoms with van der Waals surface area (Å²) in [4.78, 5) is 60.0. The maximum absolute atomic E-state index is 10.1. The third kappa shape index (κ3) is 35.9.